The van der Waals surface area contributed by atoms with E-state index in [-0.39, 0.29) is 24.3 Å². The normalized spacial score (nSPS) is 15.5. The molecule has 0 unspecified atom stereocenters. The molecular formula is C17H24N2O2. The van der Waals surface area contributed by atoms with Crippen LogP contribution < -0.4 is 10.6 Å². The highest BCUT2D eigenvalue weighted by Gasteiger charge is 2.17. The maximum absolute atomic E-state index is 12.0. The molecule has 114 valence electrons. The number of hydrogen-bond acceptors (Lipinski definition) is 2. The van der Waals surface area contributed by atoms with Gasteiger partial charge in [-0.1, -0.05) is 31.4 Å². The first-order chi connectivity index (χ1) is 10.0. The van der Waals surface area contributed by atoms with E-state index in [1.54, 1.807) is 0 Å². The molecule has 0 atom stereocenters. The second kappa shape index (κ2) is 7.25. The number of aryl methyl sites for hydroxylation is 2. The molecule has 0 aromatic heterocycles. The van der Waals surface area contributed by atoms with E-state index in [4.69, 9.17) is 0 Å². The number of nitrogens with one attached hydrogen (secondary N) is 2. The first-order valence-electron chi connectivity index (χ1n) is 7.71. The molecule has 0 saturated heterocycles. The number of anilines is 1. The Hall–Kier alpha value is -1.84. The fraction of sp³-hybridized carbons (Fsp3) is 0.529. The van der Waals surface area contributed by atoms with Crippen molar-refractivity contribution in [2.45, 2.75) is 58.4 Å². The van der Waals surface area contributed by atoms with Crippen LogP contribution in [0.25, 0.3) is 0 Å². The Balaban J connectivity index is 1.83. The summed E-state index contributed by atoms with van der Waals surface area (Å²) in [5.41, 5.74) is 2.87. The lowest BCUT2D eigenvalue weighted by atomic mass is 9.95. The monoisotopic (exact) mass is 288 g/mol. The summed E-state index contributed by atoms with van der Waals surface area (Å²) in [7, 11) is 0. The third-order valence-electron chi connectivity index (χ3n) is 3.96. The van der Waals surface area contributed by atoms with Gasteiger partial charge in [-0.15, -0.1) is 0 Å². The summed E-state index contributed by atoms with van der Waals surface area (Å²) in [4.78, 5) is 23.8. The Bertz CT molecular complexity index is 520. The molecular weight excluding hydrogens is 264 g/mol. The molecule has 4 heteroatoms. The minimum atomic E-state index is -0.253. The first kappa shape index (κ1) is 15.5. The minimum absolute atomic E-state index is 0.107. The lowest BCUT2D eigenvalue weighted by molar-refractivity contribution is -0.127. The van der Waals surface area contributed by atoms with Gasteiger partial charge < -0.3 is 10.6 Å². The predicted molar refractivity (Wildman–Crippen MR) is 84.2 cm³/mol. The van der Waals surface area contributed by atoms with Gasteiger partial charge >= 0.3 is 0 Å². The number of hydrogen-bond donors (Lipinski definition) is 2. The summed E-state index contributed by atoms with van der Waals surface area (Å²) in [6.45, 7) is 3.92. The molecule has 2 amide bonds. The van der Waals surface area contributed by atoms with Crippen molar-refractivity contribution in [3.63, 3.8) is 0 Å². The van der Waals surface area contributed by atoms with Crippen LogP contribution in [-0.4, -0.2) is 17.9 Å². The Morgan fingerprint density at radius 2 is 1.81 bits per heavy atom. The van der Waals surface area contributed by atoms with Crippen molar-refractivity contribution in [2.24, 2.45) is 0 Å². The molecule has 0 bridgehead atoms. The molecule has 1 aliphatic carbocycles. The summed E-state index contributed by atoms with van der Waals surface area (Å²) in [5.74, 6) is -0.429. The van der Waals surface area contributed by atoms with Crippen molar-refractivity contribution >= 4 is 17.5 Å². The van der Waals surface area contributed by atoms with E-state index in [1.807, 2.05) is 32.0 Å². The van der Waals surface area contributed by atoms with Gasteiger partial charge in [-0.05, 0) is 43.9 Å². The zero-order valence-corrected chi connectivity index (χ0v) is 12.9. The highest BCUT2D eigenvalue weighted by Crippen LogP contribution is 2.18. The van der Waals surface area contributed by atoms with E-state index in [2.05, 4.69) is 10.6 Å². The van der Waals surface area contributed by atoms with E-state index < -0.39 is 0 Å². The third-order valence-corrected chi connectivity index (χ3v) is 3.96. The zero-order chi connectivity index (χ0) is 15.2. The van der Waals surface area contributed by atoms with E-state index in [1.165, 1.54) is 19.3 Å². The fourth-order valence-electron chi connectivity index (χ4n) is 2.74. The largest absolute Gasteiger partial charge is 0.353 e. The summed E-state index contributed by atoms with van der Waals surface area (Å²) in [6.07, 6.45) is 5.54. The molecule has 4 nitrogen and oxygen atoms in total. The van der Waals surface area contributed by atoms with Gasteiger partial charge in [0.05, 0.1) is 0 Å². The lowest BCUT2D eigenvalue weighted by Gasteiger charge is -2.22. The number of benzene rings is 1. The predicted octanol–water partition coefficient (Wildman–Crippen LogP) is 3.08. The SMILES string of the molecule is Cc1ccc(C)c(NC(=O)CC(=O)NC2CCCCC2)c1. The summed E-state index contributed by atoms with van der Waals surface area (Å²) in [6, 6.07) is 6.14. The van der Waals surface area contributed by atoms with Crippen LogP contribution in [0, 0.1) is 13.8 Å². The molecule has 0 spiro atoms. The summed E-state index contributed by atoms with van der Waals surface area (Å²) in [5, 5.41) is 5.78. The molecule has 1 fully saturated rings. The molecule has 1 aliphatic rings. The van der Waals surface area contributed by atoms with Crippen molar-refractivity contribution in [3.05, 3.63) is 29.3 Å². The smallest absolute Gasteiger partial charge is 0.233 e. The van der Waals surface area contributed by atoms with Crippen LogP contribution in [0.2, 0.25) is 0 Å². The Labute approximate surface area is 126 Å². The van der Waals surface area contributed by atoms with Crippen LogP contribution in [0.5, 0.6) is 0 Å². The van der Waals surface area contributed by atoms with Gasteiger partial charge in [0.25, 0.3) is 0 Å². The summed E-state index contributed by atoms with van der Waals surface area (Å²) >= 11 is 0. The number of carbonyl (C=O) groups is 2. The van der Waals surface area contributed by atoms with Crippen LogP contribution in [0.15, 0.2) is 18.2 Å². The summed E-state index contributed by atoms with van der Waals surface area (Å²) < 4.78 is 0. The maximum atomic E-state index is 12.0. The van der Waals surface area contributed by atoms with Gasteiger partial charge in [0.2, 0.25) is 11.8 Å². The van der Waals surface area contributed by atoms with E-state index in [0.717, 1.165) is 29.7 Å². The van der Waals surface area contributed by atoms with Crippen molar-refractivity contribution in [2.75, 3.05) is 5.32 Å². The molecule has 1 aromatic rings. The van der Waals surface area contributed by atoms with Crippen molar-refractivity contribution < 1.29 is 9.59 Å². The topological polar surface area (TPSA) is 58.2 Å². The second-order valence-electron chi connectivity index (χ2n) is 5.95. The first-order valence-corrected chi connectivity index (χ1v) is 7.71. The number of carbonyl (C=O) groups excluding carboxylic acids is 2. The molecule has 21 heavy (non-hydrogen) atoms. The standard InChI is InChI=1S/C17H24N2O2/c1-12-8-9-13(2)15(10-12)19-17(21)11-16(20)18-14-6-4-3-5-7-14/h8-10,14H,3-7,11H2,1-2H3,(H,18,20)(H,19,21). The van der Waals surface area contributed by atoms with Gasteiger partial charge in [-0.25, -0.2) is 0 Å². The second-order valence-corrected chi connectivity index (χ2v) is 5.95. The van der Waals surface area contributed by atoms with E-state index >= 15 is 0 Å². The molecule has 0 radical (unpaired) electrons. The van der Waals surface area contributed by atoms with Crippen molar-refractivity contribution in [3.8, 4) is 0 Å². The Morgan fingerprint density at radius 1 is 1.10 bits per heavy atom. The maximum Gasteiger partial charge on any atom is 0.233 e. The van der Waals surface area contributed by atoms with Crippen LogP contribution in [0.3, 0.4) is 0 Å². The molecule has 0 heterocycles. The average molecular weight is 288 g/mol. The molecule has 0 aliphatic heterocycles. The molecule has 1 aromatic carbocycles. The van der Waals surface area contributed by atoms with Gasteiger partial charge in [0, 0.05) is 11.7 Å². The van der Waals surface area contributed by atoms with Crippen molar-refractivity contribution in [1.29, 1.82) is 0 Å². The molecule has 1 saturated carbocycles. The Kier molecular flexibility index (Phi) is 5.37. The van der Waals surface area contributed by atoms with Crippen LogP contribution in [0.1, 0.15) is 49.7 Å². The highest BCUT2D eigenvalue weighted by atomic mass is 16.2. The van der Waals surface area contributed by atoms with Gasteiger partial charge in [0.1, 0.15) is 6.42 Å². The van der Waals surface area contributed by atoms with E-state index in [0.29, 0.717) is 0 Å². The average Bonchev–Trinajstić information content (AvgIpc) is 2.43. The van der Waals surface area contributed by atoms with Gasteiger partial charge in [-0.2, -0.15) is 0 Å². The fourth-order valence-corrected chi connectivity index (χ4v) is 2.74. The van der Waals surface area contributed by atoms with Crippen LogP contribution in [0.4, 0.5) is 5.69 Å². The van der Waals surface area contributed by atoms with Crippen molar-refractivity contribution in [1.82, 2.24) is 5.32 Å². The van der Waals surface area contributed by atoms with E-state index in [9.17, 15) is 9.59 Å². The van der Waals surface area contributed by atoms with Gasteiger partial charge in [-0.3, -0.25) is 9.59 Å². The minimum Gasteiger partial charge on any atom is -0.353 e. The molecule has 2 N–H and O–H groups in total. The zero-order valence-electron chi connectivity index (χ0n) is 12.9. The number of amides is 2. The highest BCUT2D eigenvalue weighted by molar-refractivity contribution is 6.03. The quantitative estimate of drug-likeness (QED) is 0.836. The lowest BCUT2D eigenvalue weighted by Crippen LogP contribution is -2.37. The Morgan fingerprint density at radius 3 is 2.52 bits per heavy atom. The number of rotatable bonds is 4. The van der Waals surface area contributed by atoms with Gasteiger partial charge in [0.15, 0.2) is 0 Å². The molecule has 2 rings (SSSR count). The van der Waals surface area contributed by atoms with Crippen LogP contribution in [-0.2, 0) is 9.59 Å². The third kappa shape index (κ3) is 4.88. The van der Waals surface area contributed by atoms with Crippen LogP contribution >= 0.6 is 0 Å².